The maximum absolute atomic E-state index is 12.9. The summed E-state index contributed by atoms with van der Waals surface area (Å²) < 4.78 is 11.7. The number of carbonyl (C=O) groups excluding carboxylic acids is 1. The summed E-state index contributed by atoms with van der Waals surface area (Å²) in [5, 5.41) is 2.94. The summed E-state index contributed by atoms with van der Waals surface area (Å²) in [6.07, 6.45) is 0. The molecular weight excluding hydrogens is 350 g/mol. The standard InChI is InChI=1S/C19H23N3O3S/c1-11-8-15-18(26-11)13(10-22(2)3)17(20-15)19(23)21-14-7-6-12(24-4)9-16(14)25-5/h6-9,20H,10H2,1-5H3,(H,21,23). The van der Waals surface area contributed by atoms with E-state index in [4.69, 9.17) is 9.47 Å². The van der Waals surface area contributed by atoms with Crippen LogP contribution in [-0.2, 0) is 6.54 Å². The van der Waals surface area contributed by atoms with Gasteiger partial charge in [0.25, 0.3) is 5.91 Å². The van der Waals surface area contributed by atoms with Crippen molar-refractivity contribution in [3.8, 4) is 11.5 Å². The SMILES string of the molecule is COc1ccc(NC(=O)c2[nH]c3cc(C)sc3c2CN(C)C)c(OC)c1. The minimum atomic E-state index is -0.189. The van der Waals surface area contributed by atoms with Crippen LogP contribution >= 0.6 is 11.3 Å². The van der Waals surface area contributed by atoms with Crippen molar-refractivity contribution in [2.24, 2.45) is 0 Å². The van der Waals surface area contributed by atoms with E-state index in [-0.39, 0.29) is 5.91 Å². The quantitative estimate of drug-likeness (QED) is 0.688. The molecule has 0 saturated heterocycles. The van der Waals surface area contributed by atoms with Crippen LogP contribution in [0, 0.1) is 6.92 Å². The van der Waals surface area contributed by atoms with Crippen LogP contribution in [0.15, 0.2) is 24.3 Å². The molecule has 7 heteroatoms. The molecule has 0 radical (unpaired) electrons. The first-order valence-corrected chi connectivity index (χ1v) is 9.03. The number of carbonyl (C=O) groups is 1. The van der Waals surface area contributed by atoms with Crippen LogP contribution in [0.25, 0.3) is 10.2 Å². The topological polar surface area (TPSA) is 66.6 Å². The fourth-order valence-electron chi connectivity index (χ4n) is 2.90. The Kier molecular flexibility index (Phi) is 5.20. The minimum Gasteiger partial charge on any atom is -0.497 e. The highest BCUT2D eigenvalue weighted by atomic mass is 32.1. The number of aromatic nitrogens is 1. The molecule has 0 fully saturated rings. The van der Waals surface area contributed by atoms with Gasteiger partial charge in [-0.15, -0.1) is 11.3 Å². The smallest absolute Gasteiger partial charge is 0.272 e. The summed E-state index contributed by atoms with van der Waals surface area (Å²) in [4.78, 5) is 19.5. The molecule has 1 aromatic carbocycles. The number of H-pyrrole nitrogens is 1. The van der Waals surface area contributed by atoms with Crippen molar-refractivity contribution in [2.75, 3.05) is 33.6 Å². The fourth-order valence-corrected chi connectivity index (χ4v) is 3.91. The van der Waals surface area contributed by atoms with Crippen LogP contribution in [0.3, 0.4) is 0 Å². The molecule has 26 heavy (non-hydrogen) atoms. The highest BCUT2D eigenvalue weighted by Gasteiger charge is 2.21. The molecule has 0 aliphatic rings. The average molecular weight is 373 g/mol. The van der Waals surface area contributed by atoms with E-state index in [1.165, 1.54) is 4.88 Å². The summed E-state index contributed by atoms with van der Waals surface area (Å²) in [5.41, 5.74) is 3.19. The van der Waals surface area contributed by atoms with Crippen molar-refractivity contribution in [2.45, 2.75) is 13.5 Å². The van der Waals surface area contributed by atoms with E-state index in [1.807, 2.05) is 14.1 Å². The van der Waals surface area contributed by atoms with Crippen molar-refractivity contribution in [1.29, 1.82) is 0 Å². The second-order valence-electron chi connectivity index (χ2n) is 6.34. The Labute approximate surface area is 156 Å². The first-order chi connectivity index (χ1) is 12.4. The number of aryl methyl sites for hydroxylation is 1. The number of anilines is 1. The number of ether oxygens (including phenoxy) is 2. The Morgan fingerprint density at radius 2 is 2.00 bits per heavy atom. The van der Waals surface area contributed by atoms with Gasteiger partial charge in [-0.2, -0.15) is 0 Å². The van der Waals surface area contributed by atoms with Crippen LogP contribution < -0.4 is 14.8 Å². The van der Waals surface area contributed by atoms with Crippen molar-refractivity contribution < 1.29 is 14.3 Å². The van der Waals surface area contributed by atoms with Gasteiger partial charge in [-0.1, -0.05) is 0 Å². The number of nitrogens with one attached hydrogen (secondary N) is 2. The van der Waals surface area contributed by atoms with Crippen LogP contribution in [0.1, 0.15) is 20.9 Å². The third-order valence-electron chi connectivity index (χ3n) is 4.05. The zero-order chi connectivity index (χ0) is 18.8. The Hall–Kier alpha value is -2.51. The van der Waals surface area contributed by atoms with E-state index in [0.29, 0.717) is 29.4 Å². The summed E-state index contributed by atoms with van der Waals surface area (Å²) in [6.45, 7) is 2.75. The second kappa shape index (κ2) is 7.39. The second-order valence-corrected chi connectivity index (χ2v) is 7.59. The highest BCUT2D eigenvalue weighted by molar-refractivity contribution is 7.19. The van der Waals surface area contributed by atoms with E-state index in [0.717, 1.165) is 15.8 Å². The number of thiophene rings is 1. The van der Waals surface area contributed by atoms with E-state index in [1.54, 1.807) is 43.8 Å². The van der Waals surface area contributed by atoms with E-state index < -0.39 is 0 Å². The van der Waals surface area contributed by atoms with Gasteiger partial charge in [-0.25, -0.2) is 0 Å². The Morgan fingerprint density at radius 3 is 2.65 bits per heavy atom. The molecule has 0 bridgehead atoms. The lowest BCUT2D eigenvalue weighted by atomic mass is 10.2. The van der Waals surface area contributed by atoms with Crippen molar-refractivity contribution >= 4 is 33.1 Å². The Balaban J connectivity index is 1.96. The molecule has 138 valence electrons. The Morgan fingerprint density at radius 1 is 1.23 bits per heavy atom. The lowest BCUT2D eigenvalue weighted by molar-refractivity contribution is 0.102. The molecule has 0 aliphatic carbocycles. The van der Waals surface area contributed by atoms with Gasteiger partial charge in [0, 0.05) is 23.1 Å². The minimum absolute atomic E-state index is 0.189. The third-order valence-corrected chi connectivity index (χ3v) is 5.16. The molecule has 0 atom stereocenters. The zero-order valence-corrected chi connectivity index (χ0v) is 16.4. The fraction of sp³-hybridized carbons (Fsp3) is 0.316. The van der Waals surface area contributed by atoms with Crippen LogP contribution in [-0.4, -0.2) is 44.1 Å². The molecule has 1 amide bonds. The maximum Gasteiger partial charge on any atom is 0.272 e. The first-order valence-electron chi connectivity index (χ1n) is 8.22. The predicted molar refractivity (Wildman–Crippen MR) is 106 cm³/mol. The van der Waals surface area contributed by atoms with Gasteiger partial charge in [0.1, 0.15) is 17.2 Å². The molecule has 0 saturated carbocycles. The van der Waals surface area contributed by atoms with Gasteiger partial charge in [0.05, 0.1) is 30.1 Å². The normalized spacial score (nSPS) is 11.2. The van der Waals surface area contributed by atoms with Crippen molar-refractivity contribution in [3.05, 3.63) is 40.4 Å². The number of nitrogens with zero attached hydrogens (tertiary/aromatic N) is 1. The predicted octanol–water partition coefficient (Wildman–Crippen LogP) is 3.87. The first kappa shape index (κ1) is 18.3. The van der Waals surface area contributed by atoms with Gasteiger partial charge in [0.2, 0.25) is 0 Å². The van der Waals surface area contributed by atoms with Crippen LogP contribution in [0.5, 0.6) is 11.5 Å². The zero-order valence-electron chi connectivity index (χ0n) is 15.6. The molecule has 0 spiro atoms. The van der Waals surface area contributed by atoms with Crippen LogP contribution in [0.2, 0.25) is 0 Å². The molecule has 2 heterocycles. The molecule has 2 N–H and O–H groups in total. The maximum atomic E-state index is 12.9. The summed E-state index contributed by atoms with van der Waals surface area (Å²) in [6, 6.07) is 7.38. The Bertz CT molecular complexity index is 943. The summed E-state index contributed by atoms with van der Waals surface area (Å²) >= 11 is 1.70. The average Bonchev–Trinajstić information content (AvgIpc) is 3.12. The highest BCUT2D eigenvalue weighted by Crippen LogP contribution is 2.33. The molecule has 0 aliphatic heterocycles. The van der Waals surface area contributed by atoms with E-state index in [9.17, 15) is 4.79 Å². The molecule has 3 rings (SSSR count). The molecule has 0 unspecified atom stereocenters. The number of amides is 1. The summed E-state index contributed by atoms with van der Waals surface area (Å²) in [7, 11) is 7.14. The van der Waals surface area contributed by atoms with Gasteiger partial charge in [-0.05, 0) is 39.2 Å². The monoisotopic (exact) mass is 373 g/mol. The number of rotatable bonds is 6. The number of aromatic amines is 1. The van der Waals surface area contributed by atoms with Crippen LogP contribution in [0.4, 0.5) is 5.69 Å². The molecule has 3 aromatic rings. The van der Waals surface area contributed by atoms with Gasteiger partial charge in [0.15, 0.2) is 0 Å². The molecule has 2 aromatic heterocycles. The third kappa shape index (κ3) is 3.54. The largest absolute Gasteiger partial charge is 0.497 e. The number of methoxy groups -OCH3 is 2. The number of fused-ring (bicyclic) bond motifs is 1. The lowest BCUT2D eigenvalue weighted by Crippen LogP contribution is -2.18. The lowest BCUT2D eigenvalue weighted by Gasteiger charge is -2.13. The number of hydrogen-bond acceptors (Lipinski definition) is 5. The van der Waals surface area contributed by atoms with E-state index in [2.05, 4.69) is 28.2 Å². The van der Waals surface area contributed by atoms with Crippen molar-refractivity contribution in [1.82, 2.24) is 9.88 Å². The number of benzene rings is 1. The van der Waals surface area contributed by atoms with Gasteiger partial charge in [-0.3, -0.25) is 4.79 Å². The van der Waals surface area contributed by atoms with Gasteiger partial charge >= 0.3 is 0 Å². The summed E-state index contributed by atoms with van der Waals surface area (Å²) in [5.74, 6) is 1.03. The van der Waals surface area contributed by atoms with E-state index >= 15 is 0 Å². The molecule has 6 nitrogen and oxygen atoms in total. The van der Waals surface area contributed by atoms with Crippen molar-refractivity contribution in [3.63, 3.8) is 0 Å². The van der Waals surface area contributed by atoms with Gasteiger partial charge < -0.3 is 24.7 Å². The molecular formula is C19H23N3O3S. The number of hydrogen-bond donors (Lipinski definition) is 2.